The third-order valence-electron chi connectivity index (χ3n) is 4.98. The normalized spacial score (nSPS) is 22.0. The molecule has 7 nitrogen and oxygen atoms in total. The number of hydrogen-bond acceptors (Lipinski definition) is 6. The predicted octanol–water partition coefficient (Wildman–Crippen LogP) is 3.05. The fourth-order valence-corrected chi connectivity index (χ4v) is 4.71. The highest BCUT2D eigenvalue weighted by Crippen LogP contribution is 2.38. The van der Waals surface area contributed by atoms with Crippen LogP contribution in [0.1, 0.15) is 29.8 Å². The second-order valence-electron chi connectivity index (χ2n) is 7.54. The molecule has 1 aliphatic heterocycles. The van der Waals surface area contributed by atoms with Crippen molar-refractivity contribution in [2.75, 3.05) is 18.1 Å². The molecule has 12 heteroatoms. The van der Waals surface area contributed by atoms with Gasteiger partial charge >= 0.3 is 6.18 Å². The van der Waals surface area contributed by atoms with E-state index in [0.29, 0.717) is 5.56 Å². The van der Waals surface area contributed by atoms with E-state index in [4.69, 9.17) is 5.73 Å². The van der Waals surface area contributed by atoms with Gasteiger partial charge in [-0.25, -0.2) is 22.1 Å². The van der Waals surface area contributed by atoms with E-state index < -0.39 is 39.4 Å². The van der Waals surface area contributed by atoms with Crippen molar-refractivity contribution in [3.63, 3.8) is 0 Å². The Bertz CT molecular complexity index is 1120. The standard InChI is InChI=1S/C19H21F4N5O2S/c1-11-4-7-15(25-9-11)16(19(21,22)23)26-12-5-6-14(20)13(8-12)18(2)10-31(29,30)28(3)17(24)27-18/h4-9,16,26H,10H2,1-3H3,(H2,24,27)/t16?,18-/m0/s1. The molecule has 0 saturated heterocycles. The Morgan fingerprint density at radius 3 is 2.48 bits per heavy atom. The van der Waals surface area contributed by atoms with Gasteiger partial charge < -0.3 is 11.1 Å². The fraction of sp³-hybridized carbons (Fsp3) is 0.368. The van der Waals surface area contributed by atoms with Gasteiger partial charge in [-0.1, -0.05) is 6.07 Å². The highest BCUT2D eigenvalue weighted by atomic mass is 32.2. The molecule has 0 bridgehead atoms. The summed E-state index contributed by atoms with van der Waals surface area (Å²) in [5.74, 6) is -1.76. The number of aliphatic imine (C=N–C) groups is 1. The summed E-state index contributed by atoms with van der Waals surface area (Å²) in [4.78, 5) is 7.94. The summed E-state index contributed by atoms with van der Waals surface area (Å²) >= 11 is 0. The number of hydrogen-bond donors (Lipinski definition) is 2. The number of nitrogens with two attached hydrogens (primary N) is 1. The molecule has 2 atom stereocenters. The molecule has 1 unspecified atom stereocenters. The molecule has 31 heavy (non-hydrogen) atoms. The molecule has 3 N–H and O–H groups in total. The Morgan fingerprint density at radius 2 is 1.94 bits per heavy atom. The molecule has 2 heterocycles. The lowest BCUT2D eigenvalue weighted by atomic mass is 9.93. The van der Waals surface area contributed by atoms with Gasteiger partial charge in [0, 0.05) is 24.5 Å². The van der Waals surface area contributed by atoms with Gasteiger partial charge in [0.1, 0.15) is 11.4 Å². The van der Waals surface area contributed by atoms with Crippen molar-refractivity contribution < 1.29 is 26.0 Å². The van der Waals surface area contributed by atoms with Crippen molar-refractivity contribution in [3.05, 3.63) is 59.2 Å². The minimum Gasteiger partial charge on any atom is -0.369 e. The van der Waals surface area contributed by atoms with E-state index in [2.05, 4.69) is 15.3 Å². The number of nitrogens with one attached hydrogen (secondary N) is 1. The fourth-order valence-electron chi connectivity index (χ4n) is 3.26. The van der Waals surface area contributed by atoms with Crippen molar-refractivity contribution in [2.45, 2.75) is 31.6 Å². The largest absolute Gasteiger partial charge is 0.414 e. The summed E-state index contributed by atoms with van der Waals surface area (Å²) in [6.07, 6.45) is -3.38. The minimum absolute atomic E-state index is 0.0765. The van der Waals surface area contributed by atoms with E-state index in [9.17, 15) is 26.0 Å². The second kappa shape index (κ2) is 7.66. The van der Waals surface area contributed by atoms with Crippen LogP contribution in [0.25, 0.3) is 0 Å². The third-order valence-corrected chi connectivity index (χ3v) is 6.93. The number of anilines is 1. The van der Waals surface area contributed by atoms with Crippen molar-refractivity contribution in [2.24, 2.45) is 10.7 Å². The van der Waals surface area contributed by atoms with E-state index in [1.807, 2.05) is 0 Å². The Labute approximate surface area is 177 Å². The average Bonchev–Trinajstić information content (AvgIpc) is 2.65. The van der Waals surface area contributed by atoms with Crippen LogP contribution in [0, 0.1) is 12.7 Å². The number of benzene rings is 1. The molecule has 0 spiro atoms. The lowest BCUT2D eigenvalue weighted by Gasteiger charge is -2.35. The summed E-state index contributed by atoms with van der Waals surface area (Å²) in [6.45, 7) is 3.05. The number of halogens is 4. The molecular weight excluding hydrogens is 438 g/mol. The lowest BCUT2D eigenvalue weighted by Crippen LogP contribution is -2.50. The van der Waals surface area contributed by atoms with E-state index in [1.54, 1.807) is 6.92 Å². The molecule has 3 rings (SSSR count). The zero-order chi connectivity index (χ0) is 23.2. The zero-order valence-electron chi connectivity index (χ0n) is 16.9. The first-order chi connectivity index (χ1) is 14.2. The maximum Gasteiger partial charge on any atom is 0.414 e. The Balaban J connectivity index is 2.03. The molecular formula is C19H21F4N5O2S. The van der Waals surface area contributed by atoms with Crippen LogP contribution in [0.4, 0.5) is 23.2 Å². The number of sulfonamides is 1. The van der Waals surface area contributed by atoms with Crippen molar-refractivity contribution in [1.82, 2.24) is 9.29 Å². The molecule has 0 radical (unpaired) electrons. The zero-order valence-corrected chi connectivity index (χ0v) is 17.7. The van der Waals surface area contributed by atoms with Crippen LogP contribution in [0.2, 0.25) is 0 Å². The van der Waals surface area contributed by atoms with E-state index in [-0.39, 0.29) is 22.9 Å². The first-order valence-corrected chi connectivity index (χ1v) is 10.7. The van der Waals surface area contributed by atoms with Crippen LogP contribution in [0.3, 0.4) is 0 Å². The van der Waals surface area contributed by atoms with Gasteiger partial charge in [-0.3, -0.25) is 4.98 Å². The molecule has 0 saturated carbocycles. The van der Waals surface area contributed by atoms with Crippen LogP contribution in [-0.4, -0.2) is 42.6 Å². The molecule has 168 valence electrons. The second-order valence-corrected chi connectivity index (χ2v) is 9.54. The van der Waals surface area contributed by atoms with E-state index in [0.717, 1.165) is 22.5 Å². The van der Waals surface area contributed by atoms with Crippen LogP contribution >= 0.6 is 0 Å². The molecule has 1 aromatic heterocycles. The molecule has 1 aromatic carbocycles. The highest BCUT2D eigenvalue weighted by Gasteiger charge is 2.44. The molecule has 0 amide bonds. The summed E-state index contributed by atoms with van der Waals surface area (Å²) in [6, 6.07) is 3.79. The van der Waals surface area contributed by atoms with Gasteiger partial charge in [-0.15, -0.1) is 0 Å². The van der Waals surface area contributed by atoms with Crippen LogP contribution in [-0.2, 0) is 15.6 Å². The Morgan fingerprint density at radius 1 is 1.26 bits per heavy atom. The molecule has 1 aliphatic rings. The molecule has 0 fully saturated rings. The number of aryl methyl sites for hydroxylation is 1. The summed E-state index contributed by atoms with van der Waals surface area (Å²) in [5, 5.41) is 2.33. The maximum atomic E-state index is 14.6. The number of guanidine groups is 1. The van der Waals surface area contributed by atoms with E-state index >= 15 is 0 Å². The molecule has 0 aliphatic carbocycles. The maximum absolute atomic E-state index is 14.6. The minimum atomic E-state index is -4.69. The third kappa shape index (κ3) is 4.58. The smallest absolute Gasteiger partial charge is 0.369 e. The van der Waals surface area contributed by atoms with Crippen LogP contribution in [0.15, 0.2) is 41.5 Å². The van der Waals surface area contributed by atoms with Gasteiger partial charge in [-0.2, -0.15) is 13.2 Å². The number of rotatable bonds is 4. The summed E-state index contributed by atoms with van der Waals surface area (Å²) in [5.41, 5.74) is 4.22. The number of nitrogens with zero attached hydrogens (tertiary/aromatic N) is 3. The number of alkyl halides is 3. The average molecular weight is 459 g/mol. The predicted molar refractivity (Wildman–Crippen MR) is 108 cm³/mol. The van der Waals surface area contributed by atoms with Gasteiger partial charge in [0.25, 0.3) is 0 Å². The number of pyridine rings is 1. The van der Waals surface area contributed by atoms with Gasteiger partial charge in [0.05, 0.1) is 11.4 Å². The lowest BCUT2D eigenvalue weighted by molar-refractivity contribution is -0.144. The quantitative estimate of drug-likeness (QED) is 0.685. The Hall–Kier alpha value is -2.89. The van der Waals surface area contributed by atoms with Gasteiger partial charge in [-0.05, 0) is 43.7 Å². The van der Waals surface area contributed by atoms with Crippen LogP contribution < -0.4 is 11.1 Å². The Kier molecular flexibility index (Phi) is 5.63. The van der Waals surface area contributed by atoms with Crippen molar-refractivity contribution in [1.29, 1.82) is 0 Å². The van der Waals surface area contributed by atoms with Crippen LogP contribution in [0.5, 0.6) is 0 Å². The van der Waals surface area contributed by atoms with Crippen molar-refractivity contribution >= 4 is 21.7 Å². The summed E-state index contributed by atoms with van der Waals surface area (Å²) in [7, 11) is -2.68. The topological polar surface area (TPSA) is 101 Å². The monoisotopic (exact) mass is 459 g/mol. The number of aromatic nitrogens is 1. The van der Waals surface area contributed by atoms with Gasteiger partial charge in [0.15, 0.2) is 6.04 Å². The first-order valence-electron chi connectivity index (χ1n) is 9.11. The first kappa shape index (κ1) is 22.8. The SMILES string of the molecule is Cc1ccc(C(Nc2ccc(F)c([C@]3(C)CS(=O)(=O)N(C)C(N)=N3)c2)C(F)(F)F)nc1. The highest BCUT2D eigenvalue weighted by molar-refractivity contribution is 7.89. The molecule has 2 aromatic rings. The van der Waals surface area contributed by atoms with Gasteiger partial charge in [0.2, 0.25) is 16.0 Å². The van der Waals surface area contributed by atoms with E-state index in [1.165, 1.54) is 32.3 Å². The van der Waals surface area contributed by atoms with Crippen molar-refractivity contribution in [3.8, 4) is 0 Å². The summed E-state index contributed by atoms with van der Waals surface area (Å²) < 4.78 is 81.2.